The first-order chi connectivity index (χ1) is 9.99. The minimum Gasteiger partial charge on any atom is -0.454 e. The highest BCUT2D eigenvalue weighted by atomic mass is 79.9. The fourth-order valence-corrected chi connectivity index (χ4v) is 2.54. The van der Waals surface area contributed by atoms with Gasteiger partial charge in [0.05, 0.1) is 19.8 Å². The number of rotatable bonds is 5. The molecule has 0 aliphatic rings. The zero-order valence-corrected chi connectivity index (χ0v) is 12.8. The lowest BCUT2D eigenvalue weighted by Crippen LogP contribution is -2.13. The van der Waals surface area contributed by atoms with Crippen LogP contribution in [0.5, 0.6) is 0 Å². The molecule has 1 heterocycles. The minimum atomic E-state index is -0.782. The molecule has 0 radical (unpaired) electrons. The molecule has 2 aromatic rings. The first-order valence-electron chi connectivity index (χ1n) is 5.67. The van der Waals surface area contributed by atoms with Crippen LogP contribution in [-0.2, 0) is 4.74 Å². The Hall–Kier alpha value is -2.06. The van der Waals surface area contributed by atoms with Crippen molar-refractivity contribution < 1.29 is 19.2 Å². The van der Waals surface area contributed by atoms with Gasteiger partial charge < -0.3 is 4.74 Å². The lowest BCUT2D eigenvalue weighted by Gasteiger charge is -2.04. The van der Waals surface area contributed by atoms with E-state index < -0.39 is 17.5 Å². The van der Waals surface area contributed by atoms with Crippen molar-refractivity contribution in [3.8, 4) is 0 Å². The molecule has 0 atom stereocenters. The van der Waals surface area contributed by atoms with Crippen LogP contribution in [0.4, 0.5) is 5.69 Å². The number of ether oxygens (including phenoxy) is 1. The average Bonchev–Trinajstić information content (AvgIpc) is 2.98. The van der Waals surface area contributed by atoms with Crippen LogP contribution >= 0.6 is 27.3 Å². The Balaban J connectivity index is 2.05. The number of nitrogens with zero attached hydrogens (tertiary/aromatic N) is 1. The number of ketones is 1. The highest BCUT2D eigenvalue weighted by molar-refractivity contribution is 9.10. The van der Waals surface area contributed by atoms with Gasteiger partial charge in [-0.05, 0) is 39.5 Å². The summed E-state index contributed by atoms with van der Waals surface area (Å²) in [4.78, 5) is 34.1. The van der Waals surface area contributed by atoms with Crippen LogP contribution in [0.25, 0.3) is 0 Å². The Morgan fingerprint density at radius 1 is 1.33 bits per heavy atom. The summed E-state index contributed by atoms with van der Waals surface area (Å²) < 4.78 is 5.13. The van der Waals surface area contributed by atoms with Crippen LogP contribution in [0.2, 0.25) is 0 Å². The molecule has 0 saturated carbocycles. The van der Waals surface area contributed by atoms with Crippen LogP contribution in [0.1, 0.15) is 20.0 Å². The Morgan fingerprint density at radius 3 is 2.71 bits per heavy atom. The van der Waals surface area contributed by atoms with Gasteiger partial charge in [0.15, 0.2) is 6.61 Å². The maximum absolute atomic E-state index is 11.8. The Morgan fingerprint density at radius 2 is 2.10 bits per heavy atom. The molecule has 0 unspecified atom stereocenters. The topological polar surface area (TPSA) is 86.5 Å². The van der Waals surface area contributed by atoms with E-state index in [4.69, 9.17) is 4.74 Å². The molecule has 2 rings (SSSR count). The summed E-state index contributed by atoms with van der Waals surface area (Å²) >= 11 is 4.27. The van der Waals surface area contributed by atoms with Crippen molar-refractivity contribution in [1.29, 1.82) is 0 Å². The molecule has 21 heavy (non-hydrogen) atoms. The van der Waals surface area contributed by atoms with Crippen molar-refractivity contribution in [2.45, 2.75) is 0 Å². The van der Waals surface area contributed by atoms with Crippen molar-refractivity contribution >= 4 is 44.7 Å². The van der Waals surface area contributed by atoms with Crippen molar-refractivity contribution in [1.82, 2.24) is 0 Å². The number of carbonyl (C=O) groups excluding carboxylic acids is 2. The third-order valence-electron chi connectivity index (χ3n) is 2.51. The van der Waals surface area contributed by atoms with Gasteiger partial charge in [0, 0.05) is 6.07 Å². The lowest BCUT2D eigenvalue weighted by atomic mass is 10.2. The molecule has 8 heteroatoms. The highest BCUT2D eigenvalue weighted by Gasteiger charge is 2.18. The van der Waals surface area contributed by atoms with Gasteiger partial charge in [-0.15, -0.1) is 11.3 Å². The van der Waals surface area contributed by atoms with Gasteiger partial charge in [0.25, 0.3) is 5.69 Å². The van der Waals surface area contributed by atoms with E-state index in [0.29, 0.717) is 4.88 Å². The molecular formula is C13H8BrNO5S. The monoisotopic (exact) mass is 369 g/mol. The van der Waals surface area contributed by atoms with Gasteiger partial charge in [0.2, 0.25) is 5.78 Å². The smallest absolute Gasteiger partial charge is 0.338 e. The van der Waals surface area contributed by atoms with E-state index in [1.807, 2.05) is 0 Å². The molecular weight excluding hydrogens is 362 g/mol. The van der Waals surface area contributed by atoms with Gasteiger partial charge in [-0.1, -0.05) is 6.07 Å². The zero-order chi connectivity index (χ0) is 15.4. The largest absolute Gasteiger partial charge is 0.454 e. The summed E-state index contributed by atoms with van der Waals surface area (Å²) in [6, 6.07) is 7.22. The molecule has 0 amide bonds. The van der Waals surface area contributed by atoms with Crippen molar-refractivity contribution in [2.75, 3.05) is 6.61 Å². The predicted octanol–water partition coefficient (Wildman–Crippen LogP) is 3.46. The fourth-order valence-electron chi connectivity index (χ4n) is 1.50. The standard InChI is InChI=1S/C13H8BrNO5S/c14-9-4-3-8(6-10(9)15(18)19)13(17)20-7-11(16)12-2-1-5-21-12/h1-6H,7H2. The van der Waals surface area contributed by atoms with E-state index in [-0.39, 0.29) is 21.5 Å². The van der Waals surface area contributed by atoms with Crippen LogP contribution in [0.15, 0.2) is 40.2 Å². The van der Waals surface area contributed by atoms with Crippen molar-refractivity contribution in [3.05, 3.63) is 60.7 Å². The number of esters is 1. The van der Waals surface area contributed by atoms with Gasteiger partial charge in [-0.25, -0.2) is 4.79 Å². The van der Waals surface area contributed by atoms with Gasteiger partial charge >= 0.3 is 5.97 Å². The first kappa shape index (κ1) is 15.3. The second kappa shape index (κ2) is 6.59. The molecule has 0 saturated heterocycles. The highest BCUT2D eigenvalue weighted by Crippen LogP contribution is 2.25. The number of carbonyl (C=O) groups is 2. The second-order valence-electron chi connectivity index (χ2n) is 3.90. The first-order valence-corrected chi connectivity index (χ1v) is 7.34. The number of hydrogen-bond donors (Lipinski definition) is 0. The van der Waals surface area contributed by atoms with Gasteiger partial charge in [0.1, 0.15) is 0 Å². The Labute approximate surface area is 131 Å². The van der Waals surface area contributed by atoms with E-state index in [9.17, 15) is 19.7 Å². The van der Waals surface area contributed by atoms with E-state index in [1.54, 1.807) is 17.5 Å². The zero-order valence-electron chi connectivity index (χ0n) is 10.4. The Kier molecular flexibility index (Phi) is 4.81. The summed E-state index contributed by atoms with van der Waals surface area (Å²) in [5.74, 6) is -1.10. The van der Waals surface area contributed by atoms with Crippen molar-refractivity contribution in [3.63, 3.8) is 0 Å². The number of thiophene rings is 1. The molecule has 1 aromatic heterocycles. The number of nitro groups is 1. The van der Waals surface area contributed by atoms with Gasteiger partial charge in [-0.2, -0.15) is 0 Å². The predicted molar refractivity (Wildman–Crippen MR) is 79.7 cm³/mol. The number of benzene rings is 1. The normalized spacial score (nSPS) is 10.1. The summed E-state index contributed by atoms with van der Waals surface area (Å²) in [7, 11) is 0. The van der Waals surface area contributed by atoms with E-state index >= 15 is 0 Å². The average molecular weight is 370 g/mol. The maximum atomic E-state index is 11.8. The van der Waals surface area contributed by atoms with Gasteiger partial charge in [-0.3, -0.25) is 14.9 Å². The number of Topliss-reactive ketones (excluding diaryl/α,β-unsaturated/α-hetero) is 1. The van der Waals surface area contributed by atoms with Crippen molar-refractivity contribution in [2.24, 2.45) is 0 Å². The molecule has 0 spiro atoms. The van der Waals surface area contributed by atoms with E-state index in [0.717, 1.165) is 6.07 Å². The quantitative estimate of drug-likeness (QED) is 0.348. The minimum absolute atomic E-state index is 0.0175. The summed E-state index contributed by atoms with van der Waals surface area (Å²) in [5.41, 5.74) is -0.224. The Bertz CT molecular complexity index is 699. The second-order valence-corrected chi connectivity index (χ2v) is 5.70. The SMILES string of the molecule is O=C(OCC(=O)c1cccs1)c1ccc(Br)c([N+](=O)[O-])c1. The molecule has 0 N–H and O–H groups in total. The molecule has 0 bridgehead atoms. The summed E-state index contributed by atoms with van der Waals surface area (Å²) in [6.45, 7) is -0.400. The maximum Gasteiger partial charge on any atom is 0.338 e. The number of halogens is 1. The third-order valence-corrected chi connectivity index (χ3v) is 4.09. The van der Waals surface area contributed by atoms with Crippen LogP contribution in [-0.4, -0.2) is 23.3 Å². The van der Waals surface area contributed by atoms with E-state index in [2.05, 4.69) is 15.9 Å². The molecule has 1 aromatic carbocycles. The molecule has 108 valence electrons. The third kappa shape index (κ3) is 3.73. The molecule has 0 aliphatic carbocycles. The number of hydrogen-bond acceptors (Lipinski definition) is 6. The van der Waals surface area contributed by atoms with Crippen LogP contribution in [0, 0.1) is 10.1 Å². The number of nitro benzene ring substituents is 1. The molecule has 6 nitrogen and oxygen atoms in total. The fraction of sp³-hybridized carbons (Fsp3) is 0.0769. The molecule has 0 fully saturated rings. The summed E-state index contributed by atoms with van der Waals surface area (Å²) in [5, 5.41) is 12.5. The van der Waals surface area contributed by atoms with Crippen LogP contribution < -0.4 is 0 Å². The molecule has 0 aliphatic heterocycles. The van der Waals surface area contributed by atoms with E-state index in [1.165, 1.54) is 23.5 Å². The van der Waals surface area contributed by atoms with Crippen LogP contribution in [0.3, 0.4) is 0 Å². The lowest BCUT2D eigenvalue weighted by molar-refractivity contribution is -0.385. The summed E-state index contributed by atoms with van der Waals surface area (Å²) in [6.07, 6.45) is 0.